The van der Waals surface area contributed by atoms with Crippen molar-refractivity contribution < 1.29 is 24.5 Å². The molecule has 4 N–H and O–H groups in total. The van der Waals surface area contributed by atoms with Gasteiger partial charge >= 0.3 is 5.97 Å². The molecule has 2 aromatic carbocycles. The number of benzene rings is 2. The number of hydrogen-bond donors (Lipinski definition) is 4. The molecule has 142 valence electrons. The monoisotopic (exact) mass is 408 g/mol. The number of halogens is 1. The van der Waals surface area contributed by atoms with E-state index in [1.54, 1.807) is 19.1 Å². The molecule has 0 saturated heterocycles. The van der Waals surface area contributed by atoms with E-state index < -0.39 is 11.9 Å². The number of rotatable bonds is 5. The maximum absolute atomic E-state index is 12.3. The van der Waals surface area contributed by atoms with E-state index in [-0.39, 0.29) is 22.0 Å². The first-order valence-electron chi connectivity index (χ1n) is 7.84. The van der Waals surface area contributed by atoms with Gasteiger partial charge in [-0.05, 0) is 62.0 Å². The minimum atomic E-state index is -1.28. The number of thiocarbonyl (C=S) groups is 1. The van der Waals surface area contributed by atoms with Gasteiger partial charge in [0.1, 0.15) is 17.1 Å². The SMILES string of the molecule is CCOc1ccc(C(=O)NC(=S)Nc2cc(C)c(O)c(C(=O)O)c2)cc1Cl. The van der Waals surface area contributed by atoms with E-state index in [1.165, 1.54) is 18.2 Å². The van der Waals surface area contributed by atoms with Crippen LogP contribution in [0.2, 0.25) is 5.02 Å². The van der Waals surface area contributed by atoms with E-state index in [9.17, 15) is 14.7 Å². The third-order valence-corrected chi connectivity index (χ3v) is 4.01. The molecule has 0 aliphatic carbocycles. The molecule has 0 radical (unpaired) electrons. The summed E-state index contributed by atoms with van der Waals surface area (Å²) >= 11 is 11.2. The maximum atomic E-state index is 12.3. The molecule has 0 aliphatic heterocycles. The molecule has 0 fully saturated rings. The molecule has 2 rings (SSSR count). The fourth-order valence-corrected chi connectivity index (χ4v) is 2.71. The number of carboxylic acids is 1. The van der Waals surface area contributed by atoms with Crippen molar-refractivity contribution in [2.45, 2.75) is 13.8 Å². The van der Waals surface area contributed by atoms with Gasteiger partial charge in [-0.15, -0.1) is 0 Å². The number of anilines is 1. The Balaban J connectivity index is 2.11. The first kappa shape index (κ1) is 20.5. The van der Waals surface area contributed by atoms with Crippen LogP contribution in [0.3, 0.4) is 0 Å². The predicted molar refractivity (Wildman–Crippen MR) is 106 cm³/mol. The Morgan fingerprint density at radius 3 is 2.56 bits per heavy atom. The van der Waals surface area contributed by atoms with Crippen LogP contribution in [-0.2, 0) is 0 Å². The van der Waals surface area contributed by atoms with E-state index in [1.807, 2.05) is 6.92 Å². The Morgan fingerprint density at radius 2 is 1.96 bits per heavy atom. The van der Waals surface area contributed by atoms with Crippen molar-refractivity contribution in [3.63, 3.8) is 0 Å². The van der Waals surface area contributed by atoms with E-state index in [4.69, 9.17) is 33.7 Å². The van der Waals surface area contributed by atoms with Crippen LogP contribution >= 0.6 is 23.8 Å². The molecular formula is C18H17ClN2O5S. The van der Waals surface area contributed by atoms with Crippen molar-refractivity contribution in [1.29, 1.82) is 0 Å². The van der Waals surface area contributed by atoms with Gasteiger partial charge in [0.2, 0.25) is 0 Å². The van der Waals surface area contributed by atoms with E-state index in [2.05, 4.69) is 10.6 Å². The molecule has 0 heterocycles. The van der Waals surface area contributed by atoms with Gasteiger partial charge in [-0.1, -0.05) is 11.6 Å². The Hall–Kier alpha value is -2.84. The summed E-state index contributed by atoms with van der Waals surface area (Å²) in [6.07, 6.45) is 0. The maximum Gasteiger partial charge on any atom is 0.339 e. The lowest BCUT2D eigenvalue weighted by Gasteiger charge is -2.13. The second-order valence-corrected chi connectivity index (χ2v) is 6.30. The van der Waals surface area contributed by atoms with E-state index in [0.29, 0.717) is 28.6 Å². The zero-order valence-electron chi connectivity index (χ0n) is 14.5. The second kappa shape index (κ2) is 8.70. The number of carbonyl (C=O) groups is 2. The highest BCUT2D eigenvalue weighted by Gasteiger charge is 2.15. The highest BCUT2D eigenvalue weighted by molar-refractivity contribution is 7.80. The van der Waals surface area contributed by atoms with Crippen LogP contribution in [0.25, 0.3) is 0 Å². The molecule has 0 bridgehead atoms. The summed E-state index contributed by atoms with van der Waals surface area (Å²) in [7, 11) is 0. The molecule has 0 saturated carbocycles. The molecule has 7 nitrogen and oxygen atoms in total. The van der Waals surface area contributed by atoms with E-state index in [0.717, 1.165) is 0 Å². The van der Waals surface area contributed by atoms with Gasteiger partial charge < -0.3 is 20.3 Å². The van der Waals surface area contributed by atoms with Crippen molar-refractivity contribution in [2.24, 2.45) is 0 Å². The lowest BCUT2D eigenvalue weighted by molar-refractivity contribution is 0.0693. The smallest absolute Gasteiger partial charge is 0.339 e. The van der Waals surface area contributed by atoms with Gasteiger partial charge in [0, 0.05) is 11.3 Å². The van der Waals surface area contributed by atoms with Crippen molar-refractivity contribution in [1.82, 2.24) is 5.32 Å². The van der Waals surface area contributed by atoms with Crippen LogP contribution < -0.4 is 15.4 Å². The minimum Gasteiger partial charge on any atom is -0.507 e. The van der Waals surface area contributed by atoms with Gasteiger partial charge in [0.25, 0.3) is 5.91 Å². The highest BCUT2D eigenvalue weighted by atomic mass is 35.5. The number of aromatic hydroxyl groups is 1. The number of phenols is 1. The standard InChI is InChI=1S/C18H17ClN2O5S/c1-3-26-14-5-4-10(7-13(14)19)16(23)21-18(27)20-11-6-9(2)15(22)12(8-11)17(24)25/h4-8,22H,3H2,1-2H3,(H,24,25)(H2,20,21,23,27). The average Bonchev–Trinajstić information content (AvgIpc) is 2.59. The molecule has 0 spiro atoms. The van der Waals surface area contributed by atoms with E-state index >= 15 is 0 Å². The molecular weight excluding hydrogens is 392 g/mol. The Labute approximate surface area is 165 Å². The van der Waals surface area contributed by atoms with Gasteiger partial charge in [-0.3, -0.25) is 10.1 Å². The van der Waals surface area contributed by atoms with Crippen LogP contribution in [0.15, 0.2) is 30.3 Å². The fourth-order valence-electron chi connectivity index (χ4n) is 2.27. The summed E-state index contributed by atoms with van der Waals surface area (Å²) in [6.45, 7) is 3.82. The van der Waals surface area contributed by atoms with Gasteiger partial charge in [-0.25, -0.2) is 4.79 Å². The molecule has 0 atom stereocenters. The normalized spacial score (nSPS) is 10.2. The molecule has 0 unspecified atom stereocenters. The van der Waals surface area contributed by atoms with Crippen LogP contribution in [0.1, 0.15) is 33.2 Å². The van der Waals surface area contributed by atoms with Crippen LogP contribution in [0.5, 0.6) is 11.5 Å². The van der Waals surface area contributed by atoms with Crippen molar-refractivity contribution in [3.05, 3.63) is 52.0 Å². The third-order valence-electron chi connectivity index (χ3n) is 3.51. The van der Waals surface area contributed by atoms with Crippen LogP contribution in [0, 0.1) is 6.92 Å². The second-order valence-electron chi connectivity index (χ2n) is 5.48. The summed E-state index contributed by atoms with van der Waals surface area (Å²) in [6, 6.07) is 7.31. The number of ether oxygens (including phenoxy) is 1. The van der Waals surface area contributed by atoms with Crippen LogP contribution in [-0.4, -0.2) is 33.8 Å². The molecule has 0 aromatic heterocycles. The molecule has 27 heavy (non-hydrogen) atoms. The summed E-state index contributed by atoms with van der Waals surface area (Å²) in [5.74, 6) is -1.63. The Morgan fingerprint density at radius 1 is 1.26 bits per heavy atom. The largest absolute Gasteiger partial charge is 0.507 e. The average molecular weight is 409 g/mol. The van der Waals surface area contributed by atoms with Gasteiger partial charge in [0.15, 0.2) is 5.11 Å². The zero-order chi connectivity index (χ0) is 20.1. The van der Waals surface area contributed by atoms with Gasteiger partial charge in [-0.2, -0.15) is 0 Å². The highest BCUT2D eigenvalue weighted by Crippen LogP contribution is 2.27. The third kappa shape index (κ3) is 5.08. The number of amides is 1. The molecule has 0 aliphatic rings. The number of hydrogen-bond acceptors (Lipinski definition) is 5. The Kier molecular flexibility index (Phi) is 6.59. The first-order chi connectivity index (χ1) is 12.7. The molecule has 1 amide bonds. The van der Waals surface area contributed by atoms with Crippen molar-refractivity contribution >= 4 is 46.5 Å². The first-order valence-corrected chi connectivity index (χ1v) is 8.63. The number of aryl methyl sites for hydroxylation is 1. The quantitative estimate of drug-likeness (QED) is 0.442. The fraction of sp³-hybridized carbons (Fsp3) is 0.167. The number of aromatic carboxylic acids is 1. The summed E-state index contributed by atoms with van der Waals surface area (Å²) in [5.41, 5.74) is 0.674. The lowest BCUT2D eigenvalue weighted by Crippen LogP contribution is -2.34. The summed E-state index contributed by atoms with van der Waals surface area (Å²) < 4.78 is 5.31. The predicted octanol–water partition coefficient (Wildman–Crippen LogP) is 3.58. The summed E-state index contributed by atoms with van der Waals surface area (Å²) in [5, 5.41) is 24.3. The summed E-state index contributed by atoms with van der Waals surface area (Å²) in [4.78, 5) is 23.5. The van der Waals surface area contributed by atoms with Gasteiger partial charge in [0.05, 0.1) is 11.6 Å². The lowest BCUT2D eigenvalue weighted by atomic mass is 10.1. The molecule has 9 heteroatoms. The van der Waals surface area contributed by atoms with Crippen LogP contribution in [0.4, 0.5) is 5.69 Å². The zero-order valence-corrected chi connectivity index (χ0v) is 16.1. The number of nitrogens with one attached hydrogen (secondary N) is 2. The number of carboxylic acid groups (broad SMARTS) is 1. The molecule has 2 aromatic rings. The van der Waals surface area contributed by atoms with Crippen molar-refractivity contribution in [3.8, 4) is 11.5 Å². The Bertz CT molecular complexity index is 917. The number of carbonyl (C=O) groups excluding carboxylic acids is 1. The topological polar surface area (TPSA) is 108 Å². The van der Waals surface area contributed by atoms with Crippen molar-refractivity contribution in [2.75, 3.05) is 11.9 Å². The minimum absolute atomic E-state index is 0.0357.